The molecule has 18 heavy (non-hydrogen) atoms. The number of aromatic nitrogens is 5. The van der Waals surface area contributed by atoms with Gasteiger partial charge in [-0.2, -0.15) is 0 Å². The van der Waals surface area contributed by atoms with Crippen LogP contribution in [-0.2, 0) is 6.54 Å². The average molecular weight is 267 g/mol. The van der Waals surface area contributed by atoms with Gasteiger partial charge in [-0.05, 0) is 18.7 Å². The number of aromatic amines is 1. The molecule has 0 aromatic carbocycles. The molecular weight excluding hydrogens is 258 g/mol. The Balaban J connectivity index is 2.31. The lowest BCUT2D eigenvalue weighted by Crippen LogP contribution is -2.16. The number of aromatic carboxylic acids is 1. The first kappa shape index (κ1) is 12.3. The van der Waals surface area contributed by atoms with Crippen molar-refractivity contribution in [2.24, 2.45) is 0 Å². The summed E-state index contributed by atoms with van der Waals surface area (Å²) in [6.45, 7) is 2.27. The molecule has 2 rings (SSSR count). The Morgan fingerprint density at radius 2 is 2.33 bits per heavy atom. The Bertz CT molecular complexity index is 635. The molecule has 8 nitrogen and oxygen atoms in total. The van der Waals surface area contributed by atoms with Gasteiger partial charge in [-0.15, -0.1) is 5.10 Å². The first-order valence-corrected chi connectivity index (χ1v) is 5.82. The van der Waals surface area contributed by atoms with Crippen molar-refractivity contribution < 1.29 is 9.90 Å². The van der Waals surface area contributed by atoms with E-state index in [9.17, 15) is 9.59 Å². The summed E-state index contributed by atoms with van der Waals surface area (Å²) in [6.07, 6.45) is 2.57. The summed E-state index contributed by atoms with van der Waals surface area (Å²) in [5.74, 6) is -1.15. The van der Waals surface area contributed by atoms with Crippen molar-refractivity contribution in [3.63, 3.8) is 0 Å². The number of carboxylic acid groups (broad SMARTS) is 1. The highest BCUT2D eigenvalue weighted by atomic mass is 32.2. The fraction of sp³-hybridized carbons (Fsp3) is 0.222. The highest BCUT2D eigenvalue weighted by Gasteiger charge is 2.11. The van der Waals surface area contributed by atoms with Gasteiger partial charge in [0.15, 0.2) is 10.9 Å². The molecule has 0 saturated carbocycles. The van der Waals surface area contributed by atoms with Gasteiger partial charge >= 0.3 is 11.7 Å². The minimum Gasteiger partial charge on any atom is -0.476 e. The minimum absolute atomic E-state index is 0.152. The minimum atomic E-state index is -1.15. The Morgan fingerprint density at radius 3 is 3.00 bits per heavy atom. The molecule has 2 aromatic rings. The van der Waals surface area contributed by atoms with Crippen LogP contribution < -0.4 is 5.69 Å². The van der Waals surface area contributed by atoms with E-state index >= 15 is 0 Å². The zero-order valence-electron chi connectivity index (χ0n) is 9.32. The summed E-state index contributed by atoms with van der Waals surface area (Å²) in [5, 5.41) is 15.7. The van der Waals surface area contributed by atoms with Gasteiger partial charge in [0.1, 0.15) is 5.03 Å². The van der Waals surface area contributed by atoms with Gasteiger partial charge in [-0.3, -0.25) is 9.55 Å². The second-order valence-corrected chi connectivity index (χ2v) is 4.19. The highest BCUT2D eigenvalue weighted by Crippen LogP contribution is 2.22. The first-order valence-electron chi connectivity index (χ1n) is 5.00. The van der Waals surface area contributed by atoms with Crippen LogP contribution in [-0.4, -0.2) is 35.8 Å². The Kier molecular flexibility index (Phi) is 3.42. The fourth-order valence-electron chi connectivity index (χ4n) is 1.25. The maximum absolute atomic E-state index is 11.3. The molecule has 0 aliphatic heterocycles. The third kappa shape index (κ3) is 2.40. The van der Waals surface area contributed by atoms with E-state index in [2.05, 4.69) is 20.2 Å². The van der Waals surface area contributed by atoms with E-state index in [0.717, 1.165) is 18.0 Å². The maximum Gasteiger partial charge on any atom is 0.356 e. The molecule has 0 fully saturated rings. The first-order chi connectivity index (χ1) is 8.61. The second kappa shape index (κ2) is 5.00. The second-order valence-electron chi connectivity index (χ2n) is 3.21. The van der Waals surface area contributed by atoms with Gasteiger partial charge < -0.3 is 5.11 Å². The van der Waals surface area contributed by atoms with Gasteiger partial charge in [-0.25, -0.2) is 19.7 Å². The lowest BCUT2D eigenvalue weighted by atomic mass is 10.5. The van der Waals surface area contributed by atoms with Crippen molar-refractivity contribution in [1.29, 1.82) is 0 Å². The summed E-state index contributed by atoms with van der Waals surface area (Å²) in [6, 6.07) is 0. The van der Waals surface area contributed by atoms with Crippen molar-refractivity contribution in [3.05, 3.63) is 28.6 Å². The van der Waals surface area contributed by atoms with Crippen LogP contribution in [0.15, 0.2) is 27.4 Å². The number of hydrogen-bond donors (Lipinski definition) is 2. The highest BCUT2D eigenvalue weighted by molar-refractivity contribution is 7.99. The average Bonchev–Trinajstić information content (AvgIpc) is 2.70. The van der Waals surface area contributed by atoms with Gasteiger partial charge in [0.25, 0.3) is 0 Å². The molecular formula is C9H9N5O3S. The Morgan fingerprint density at radius 1 is 1.56 bits per heavy atom. The summed E-state index contributed by atoms with van der Waals surface area (Å²) in [4.78, 5) is 29.7. The number of rotatable bonds is 4. The largest absolute Gasteiger partial charge is 0.476 e. The molecule has 0 aliphatic carbocycles. The number of nitrogens with zero attached hydrogens (tertiary/aromatic N) is 4. The van der Waals surface area contributed by atoms with E-state index in [-0.39, 0.29) is 11.4 Å². The van der Waals surface area contributed by atoms with Crippen molar-refractivity contribution in [1.82, 2.24) is 24.7 Å². The van der Waals surface area contributed by atoms with Gasteiger partial charge in [-0.1, -0.05) is 0 Å². The van der Waals surface area contributed by atoms with E-state index in [4.69, 9.17) is 5.11 Å². The van der Waals surface area contributed by atoms with Crippen LogP contribution in [0, 0.1) is 0 Å². The van der Waals surface area contributed by atoms with Crippen LogP contribution in [0.4, 0.5) is 0 Å². The monoisotopic (exact) mass is 267 g/mol. The van der Waals surface area contributed by atoms with Crippen LogP contribution in [0.1, 0.15) is 17.4 Å². The smallest absolute Gasteiger partial charge is 0.356 e. The zero-order chi connectivity index (χ0) is 13.1. The van der Waals surface area contributed by atoms with Gasteiger partial charge in [0.2, 0.25) is 0 Å². The quantitative estimate of drug-likeness (QED) is 0.815. The normalized spacial score (nSPS) is 10.5. The van der Waals surface area contributed by atoms with E-state index in [1.165, 1.54) is 10.8 Å². The molecule has 9 heteroatoms. The lowest BCUT2D eigenvalue weighted by Gasteiger charge is -2.01. The van der Waals surface area contributed by atoms with Crippen LogP contribution in [0.3, 0.4) is 0 Å². The van der Waals surface area contributed by atoms with Crippen molar-refractivity contribution >= 4 is 17.7 Å². The van der Waals surface area contributed by atoms with Crippen molar-refractivity contribution in [2.75, 3.05) is 0 Å². The number of H-pyrrole nitrogens is 1. The van der Waals surface area contributed by atoms with Crippen molar-refractivity contribution in [3.8, 4) is 0 Å². The topological polar surface area (TPSA) is 114 Å². The molecule has 2 N–H and O–H groups in total. The van der Waals surface area contributed by atoms with E-state index < -0.39 is 5.97 Å². The van der Waals surface area contributed by atoms with Crippen molar-refractivity contribution in [2.45, 2.75) is 23.7 Å². The predicted molar refractivity (Wildman–Crippen MR) is 61.6 cm³/mol. The SMILES string of the molecule is CCn1c(Sc2cncc(C(=O)O)n2)n[nH]c1=O. The lowest BCUT2D eigenvalue weighted by molar-refractivity contribution is 0.0689. The van der Waals surface area contributed by atoms with E-state index in [1.54, 1.807) is 6.92 Å². The predicted octanol–water partition coefficient (Wildman–Crippen LogP) is 0.231. The zero-order valence-corrected chi connectivity index (χ0v) is 10.1. The van der Waals surface area contributed by atoms with Gasteiger partial charge in [0.05, 0.1) is 12.4 Å². The Labute approximate surface area is 105 Å². The standard InChI is InChI=1S/C9H9N5O3S/c1-2-14-8(17)12-13-9(14)18-6-4-10-3-5(11-6)7(15)16/h3-4H,2H2,1H3,(H,12,17)(H,15,16). The summed E-state index contributed by atoms with van der Waals surface area (Å²) < 4.78 is 1.42. The van der Waals surface area contributed by atoms with E-state index in [0.29, 0.717) is 16.7 Å². The van der Waals surface area contributed by atoms with Crippen LogP contribution in [0.2, 0.25) is 0 Å². The van der Waals surface area contributed by atoms with Crippen LogP contribution in [0.5, 0.6) is 0 Å². The fourth-order valence-corrected chi connectivity index (χ4v) is 2.11. The molecule has 0 aliphatic rings. The molecule has 0 bridgehead atoms. The third-order valence-electron chi connectivity index (χ3n) is 2.07. The maximum atomic E-state index is 11.3. The molecule has 0 unspecified atom stereocenters. The third-order valence-corrected chi connectivity index (χ3v) is 2.97. The molecule has 2 aromatic heterocycles. The molecule has 0 amide bonds. The Hall–Kier alpha value is -2.16. The summed E-state index contributed by atoms with van der Waals surface area (Å²) >= 11 is 1.07. The van der Waals surface area contributed by atoms with E-state index in [1.807, 2.05) is 0 Å². The molecule has 0 atom stereocenters. The number of carbonyl (C=O) groups is 1. The van der Waals surface area contributed by atoms with Gasteiger partial charge in [0, 0.05) is 6.54 Å². The summed E-state index contributed by atoms with van der Waals surface area (Å²) in [7, 11) is 0. The van der Waals surface area contributed by atoms with Crippen LogP contribution in [0.25, 0.3) is 0 Å². The number of nitrogens with one attached hydrogen (secondary N) is 1. The molecule has 94 valence electrons. The number of carboxylic acids is 1. The molecule has 0 spiro atoms. The molecule has 0 saturated heterocycles. The molecule has 2 heterocycles. The van der Waals surface area contributed by atoms with Crippen LogP contribution >= 0.6 is 11.8 Å². The number of hydrogen-bond acceptors (Lipinski definition) is 6. The summed E-state index contributed by atoms with van der Waals surface area (Å²) in [5.41, 5.74) is -0.469. The molecule has 0 radical (unpaired) electrons.